The van der Waals surface area contributed by atoms with E-state index in [9.17, 15) is 4.79 Å². The van der Waals surface area contributed by atoms with Crippen molar-refractivity contribution >= 4 is 23.3 Å². The Balaban J connectivity index is 1.40. The Morgan fingerprint density at radius 1 is 1.14 bits per heavy atom. The molecule has 1 aliphatic rings. The van der Waals surface area contributed by atoms with Gasteiger partial charge in [0.1, 0.15) is 11.9 Å². The molecule has 1 unspecified atom stereocenters. The molecule has 1 atom stereocenters. The summed E-state index contributed by atoms with van der Waals surface area (Å²) in [6, 6.07) is 13.7. The molecule has 0 fully saturated rings. The fourth-order valence-corrected chi connectivity index (χ4v) is 4.04. The second kappa shape index (κ2) is 9.26. The molecule has 0 spiro atoms. The van der Waals surface area contributed by atoms with Gasteiger partial charge in [-0.1, -0.05) is 12.1 Å². The van der Waals surface area contributed by atoms with Crippen LogP contribution in [0, 0.1) is 0 Å². The third-order valence-corrected chi connectivity index (χ3v) is 5.74. The van der Waals surface area contributed by atoms with Gasteiger partial charge in [-0.25, -0.2) is 9.97 Å². The zero-order valence-corrected chi connectivity index (χ0v) is 19.2. The molecule has 3 heterocycles. The molecule has 35 heavy (non-hydrogen) atoms. The van der Waals surface area contributed by atoms with Crippen LogP contribution in [0.4, 0.5) is 17.4 Å². The molecule has 0 radical (unpaired) electrons. The molecule has 10 heteroatoms. The number of primary amides is 1. The van der Waals surface area contributed by atoms with E-state index in [1.165, 1.54) is 6.39 Å². The number of ether oxygens (including phenoxy) is 1. The minimum Gasteiger partial charge on any atom is -0.496 e. The summed E-state index contributed by atoms with van der Waals surface area (Å²) in [6.45, 7) is 0. The highest BCUT2D eigenvalue weighted by molar-refractivity contribution is 5.80. The van der Waals surface area contributed by atoms with Gasteiger partial charge in [0, 0.05) is 36.8 Å². The quantitative estimate of drug-likeness (QED) is 0.389. The molecular formula is C25H24N6O4. The van der Waals surface area contributed by atoms with E-state index in [1.54, 1.807) is 19.5 Å². The van der Waals surface area contributed by atoms with E-state index in [1.807, 2.05) is 71.7 Å². The average molecular weight is 473 g/mol. The number of methoxy groups -OCH3 is 1. The van der Waals surface area contributed by atoms with Crippen LogP contribution in [0.15, 0.2) is 82.5 Å². The number of nitrogens with one attached hydrogen (secondary N) is 1. The molecule has 10 nitrogen and oxygen atoms in total. The lowest BCUT2D eigenvalue weighted by Crippen LogP contribution is -2.40. The molecule has 3 N–H and O–H groups in total. The predicted octanol–water partition coefficient (Wildman–Crippen LogP) is 4.17. The zero-order valence-electron chi connectivity index (χ0n) is 19.2. The predicted molar refractivity (Wildman–Crippen MR) is 131 cm³/mol. The van der Waals surface area contributed by atoms with Crippen LogP contribution in [0.25, 0.3) is 22.6 Å². The van der Waals surface area contributed by atoms with Crippen molar-refractivity contribution in [2.45, 2.75) is 12.6 Å². The summed E-state index contributed by atoms with van der Waals surface area (Å²) in [6.07, 6.45) is 8.46. The maximum atomic E-state index is 11.6. The van der Waals surface area contributed by atoms with Crippen LogP contribution >= 0.6 is 0 Å². The Hall–Kier alpha value is -4.73. The van der Waals surface area contributed by atoms with Gasteiger partial charge >= 0.3 is 0 Å². The molecule has 0 bridgehead atoms. The number of nitrogens with two attached hydrogens (primary N) is 1. The van der Waals surface area contributed by atoms with Crippen LogP contribution in [0.5, 0.6) is 5.75 Å². The maximum absolute atomic E-state index is 11.6. The summed E-state index contributed by atoms with van der Waals surface area (Å²) in [5.74, 6) is 1.44. The normalized spacial score (nSPS) is 15.0. The largest absolute Gasteiger partial charge is 0.496 e. The van der Waals surface area contributed by atoms with Gasteiger partial charge in [0.2, 0.25) is 5.91 Å². The number of benzene rings is 2. The smallest absolute Gasteiger partial charge is 0.299 e. The molecule has 0 aliphatic carbocycles. The summed E-state index contributed by atoms with van der Waals surface area (Å²) < 4.78 is 16.9. The Kier molecular flexibility index (Phi) is 5.84. The highest BCUT2D eigenvalue weighted by Gasteiger charge is 2.28. The van der Waals surface area contributed by atoms with Crippen LogP contribution < -0.4 is 20.7 Å². The number of oxazole rings is 2. The highest BCUT2D eigenvalue weighted by atomic mass is 16.5. The number of carbonyl (C=O) groups excluding carboxylic acids is 1. The lowest BCUT2D eigenvalue weighted by Gasteiger charge is -2.30. The Morgan fingerprint density at radius 3 is 2.77 bits per heavy atom. The molecule has 4 aromatic rings. The summed E-state index contributed by atoms with van der Waals surface area (Å²) in [5, 5.41) is 3.17. The first-order valence-corrected chi connectivity index (χ1v) is 10.9. The maximum Gasteiger partial charge on any atom is 0.299 e. The topological polar surface area (TPSA) is 123 Å². The van der Waals surface area contributed by atoms with Gasteiger partial charge in [-0.05, 0) is 24.3 Å². The second-order valence-corrected chi connectivity index (χ2v) is 7.97. The van der Waals surface area contributed by atoms with Crippen molar-refractivity contribution in [2.75, 3.05) is 24.4 Å². The SMILES string of the molecule is COc1cc(Nc2ncc(-c3ccccc3N3C=CN(C)C3CC(N)=O)o2)ccc1-c1cnco1. The number of anilines is 3. The Bertz CT molecular complexity index is 1360. The first-order chi connectivity index (χ1) is 17.0. The van der Waals surface area contributed by atoms with Crippen LogP contribution in [-0.2, 0) is 4.79 Å². The van der Waals surface area contributed by atoms with Gasteiger partial charge in [0.25, 0.3) is 6.01 Å². The van der Waals surface area contributed by atoms with E-state index in [0.717, 1.165) is 22.5 Å². The molecule has 2 aromatic carbocycles. The monoisotopic (exact) mass is 472 g/mol. The van der Waals surface area contributed by atoms with E-state index >= 15 is 0 Å². The molecule has 2 aromatic heterocycles. The van der Waals surface area contributed by atoms with Crippen molar-refractivity contribution in [3.8, 4) is 28.4 Å². The standard InChI is InChI=1S/C25H24N6O4/c1-30-9-10-31(24(30)12-23(26)32)19-6-4-3-5-17(19)22-14-28-25(35-22)29-16-7-8-18(20(11-16)33-2)21-13-27-15-34-21/h3-11,13-15,24H,12H2,1-2H3,(H2,26,32)(H,28,29). The minimum atomic E-state index is -0.371. The minimum absolute atomic E-state index is 0.187. The van der Waals surface area contributed by atoms with E-state index in [2.05, 4.69) is 15.3 Å². The number of aromatic nitrogens is 2. The van der Waals surface area contributed by atoms with Crippen LogP contribution in [-0.4, -0.2) is 41.1 Å². The number of hydrogen-bond acceptors (Lipinski definition) is 9. The van der Waals surface area contributed by atoms with E-state index in [0.29, 0.717) is 23.3 Å². The molecule has 178 valence electrons. The number of rotatable bonds is 8. The third kappa shape index (κ3) is 4.41. The number of carbonyl (C=O) groups is 1. The lowest BCUT2D eigenvalue weighted by molar-refractivity contribution is -0.118. The van der Waals surface area contributed by atoms with Crippen molar-refractivity contribution in [3.05, 3.63) is 73.7 Å². The Labute approximate surface area is 201 Å². The van der Waals surface area contributed by atoms with Gasteiger partial charge in [-0.2, -0.15) is 0 Å². The molecule has 1 aliphatic heterocycles. The highest BCUT2D eigenvalue weighted by Crippen LogP contribution is 2.37. The fourth-order valence-electron chi connectivity index (χ4n) is 4.04. The number of nitrogens with zero attached hydrogens (tertiary/aromatic N) is 4. The first kappa shape index (κ1) is 22.1. The van der Waals surface area contributed by atoms with Crippen molar-refractivity contribution in [1.82, 2.24) is 14.9 Å². The van der Waals surface area contributed by atoms with E-state index in [4.69, 9.17) is 19.3 Å². The van der Waals surface area contributed by atoms with Gasteiger partial charge in [-0.15, -0.1) is 0 Å². The summed E-state index contributed by atoms with van der Waals surface area (Å²) in [5.41, 5.74) is 8.71. The number of hydrogen-bond donors (Lipinski definition) is 2. The second-order valence-electron chi connectivity index (χ2n) is 7.97. The van der Waals surface area contributed by atoms with Gasteiger partial charge in [-0.3, -0.25) is 4.79 Å². The summed E-state index contributed by atoms with van der Waals surface area (Å²) in [4.78, 5) is 23.9. The molecule has 0 saturated carbocycles. The molecular weight excluding hydrogens is 448 g/mol. The van der Waals surface area contributed by atoms with Crippen molar-refractivity contribution in [1.29, 1.82) is 0 Å². The first-order valence-electron chi connectivity index (χ1n) is 10.9. The fraction of sp³-hybridized carbons (Fsp3) is 0.160. The molecule has 5 rings (SSSR count). The number of para-hydroxylation sites is 1. The van der Waals surface area contributed by atoms with Gasteiger partial charge < -0.3 is 34.4 Å². The zero-order chi connectivity index (χ0) is 24.4. The van der Waals surface area contributed by atoms with Gasteiger partial charge in [0.05, 0.1) is 37.2 Å². The Morgan fingerprint density at radius 2 is 2.00 bits per heavy atom. The van der Waals surface area contributed by atoms with Crippen LogP contribution in [0.1, 0.15) is 6.42 Å². The van der Waals surface area contributed by atoms with Gasteiger partial charge in [0.15, 0.2) is 17.9 Å². The number of amides is 1. The average Bonchev–Trinajstić information content (AvgIpc) is 3.62. The van der Waals surface area contributed by atoms with Crippen LogP contribution in [0.3, 0.4) is 0 Å². The third-order valence-electron chi connectivity index (χ3n) is 5.74. The van der Waals surface area contributed by atoms with Crippen molar-refractivity contribution in [2.24, 2.45) is 5.73 Å². The van der Waals surface area contributed by atoms with Crippen molar-refractivity contribution < 1.29 is 18.4 Å². The van der Waals surface area contributed by atoms with E-state index < -0.39 is 0 Å². The summed E-state index contributed by atoms with van der Waals surface area (Å²) in [7, 11) is 3.50. The molecule has 0 saturated heterocycles. The lowest BCUT2D eigenvalue weighted by atomic mass is 10.1. The van der Waals surface area contributed by atoms with Crippen LogP contribution in [0.2, 0.25) is 0 Å². The molecule has 1 amide bonds. The van der Waals surface area contributed by atoms with E-state index in [-0.39, 0.29) is 18.5 Å². The summed E-state index contributed by atoms with van der Waals surface area (Å²) >= 11 is 0. The van der Waals surface area contributed by atoms with Crippen molar-refractivity contribution in [3.63, 3.8) is 0 Å².